The van der Waals surface area contributed by atoms with Crippen molar-refractivity contribution in [1.29, 1.82) is 0 Å². The second-order valence-corrected chi connectivity index (χ2v) is 5.09. The molecule has 0 unspecified atom stereocenters. The first-order valence-corrected chi connectivity index (χ1v) is 6.16. The molecule has 0 amide bonds. The predicted octanol–water partition coefficient (Wildman–Crippen LogP) is 2.60. The zero-order valence-corrected chi connectivity index (χ0v) is 11.4. The molecule has 18 heavy (non-hydrogen) atoms. The number of nitrogens with zero attached hydrogens (tertiary/aromatic N) is 3. The maximum absolute atomic E-state index is 11.4. The zero-order valence-electron chi connectivity index (χ0n) is 9.81. The van der Waals surface area contributed by atoms with E-state index < -0.39 is 5.97 Å². The molecule has 0 bridgehead atoms. The van der Waals surface area contributed by atoms with E-state index in [0.717, 1.165) is 15.5 Å². The fourth-order valence-electron chi connectivity index (χ4n) is 2.21. The summed E-state index contributed by atoms with van der Waals surface area (Å²) >= 11 is 3.39. The quantitative estimate of drug-likeness (QED) is 0.752. The monoisotopic (exact) mass is 307 g/mol. The summed E-state index contributed by atoms with van der Waals surface area (Å²) in [4.78, 5) is 15.9. The van der Waals surface area contributed by atoms with Crippen LogP contribution in [0.4, 0.5) is 0 Å². The first kappa shape index (κ1) is 11.3. The Kier molecular flexibility index (Phi) is 2.25. The van der Waals surface area contributed by atoms with Gasteiger partial charge in [-0.25, -0.2) is 9.78 Å². The van der Waals surface area contributed by atoms with Crippen LogP contribution in [0.25, 0.3) is 16.8 Å². The third-order valence-electron chi connectivity index (χ3n) is 3.17. The lowest BCUT2D eigenvalue weighted by molar-refractivity contribution is 0.0688. The first-order valence-electron chi connectivity index (χ1n) is 5.37. The van der Waals surface area contributed by atoms with Gasteiger partial charge in [-0.15, -0.1) is 0 Å². The van der Waals surface area contributed by atoms with E-state index >= 15 is 0 Å². The van der Waals surface area contributed by atoms with Gasteiger partial charge < -0.3 is 9.67 Å². The van der Waals surface area contributed by atoms with Crippen molar-refractivity contribution in [1.82, 2.24) is 14.0 Å². The summed E-state index contributed by atoms with van der Waals surface area (Å²) in [5, 5.41) is 9.34. The molecule has 1 aromatic carbocycles. The molecule has 0 radical (unpaired) electrons. The summed E-state index contributed by atoms with van der Waals surface area (Å²) in [6, 6.07) is 5.62. The minimum absolute atomic E-state index is 0.261. The van der Waals surface area contributed by atoms with Crippen molar-refractivity contribution in [2.45, 2.75) is 6.92 Å². The number of imidazole rings is 2. The van der Waals surface area contributed by atoms with Crippen molar-refractivity contribution in [3.05, 3.63) is 34.1 Å². The molecule has 5 nitrogen and oxygen atoms in total. The molecular weight excluding hydrogens is 298 g/mol. The lowest BCUT2D eigenvalue weighted by atomic mass is 10.3. The van der Waals surface area contributed by atoms with E-state index in [1.54, 1.807) is 15.9 Å². The summed E-state index contributed by atoms with van der Waals surface area (Å²) in [7, 11) is 1.82. The number of aromatic carboxylic acids is 1. The minimum Gasteiger partial charge on any atom is -0.477 e. The lowest BCUT2D eigenvalue weighted by Crippen LogP contribution is -2.03. The van der Waals surface area contributed by atoms with Crippen LogP contribution in [0.3, 0.4) is 0 Å². The highest BCUT2D eigenvalue weighted by molar-refractivity contribution is 9.10. The van der Waals surface area contributed by atoms with E-state index in [0.29, 0.717) is 11.5 Å². The molecule has 0 saturated carbocycles. The van der Waals surface area contributed by atoms with Crippen LogP contribution in [0.5, 0.6) is 0 Å². The molecule has 0 aliphatic rings. The first-order chi connectivity index (χ1) is 8.50. The summed E-state index contributed by atoms with van der Waals surface area (Å²) < 4.78 is 4.39. The number of halogens is 1. The molecule has 0 atom stereocenters. The van der Waals surface area contributed by atoms with Crippen molar-refractivity contribution in [3.63, 3.8) is 0 Å². The smallest absolute Gasteiger partial charge is 0.354 e. The van der Waals surface area contributed by atoms with E-state index in [9.17, 15) is 9.90 Å². The maximum atomic E-state index is 11.4. The lowest BCUT2D eigenvalue weighted by Gasteiger charge is -1.97. The van der Waals surface area contributed by atoms with E-state index in [1.807, 2.05) is 25.2 Å². The van der Waals surface area contributed by atoms with Crippen LogP contribution in [0, 0.1) is 6.92 Å². The van der Waals surface area contributed by atoms with E-state index in [4.69, 9.17) is 0 Å². The summed E-state index contributed by atoms with van der Waals surface area (Å²) in [6.45, 7) is 1.78. The number of fused-ring (bicyclic) bond motifs is 3. The summed E-state index contributed by atoms with van der Waals surface area (Å²) in [5.41, 5.74) is 2.53. The summed E-state index contributed by atoms with van der Waals surface area (Å²) in [6.07, 6.45) is 0. The van der Waals surface area contributed by atoms with Crippen molar-refractivity contribution in [2.75, 3.05) is 0 Å². The SMILES string of the molecule is Cc1c(C(=O)O)n2c3ccc(Br)cc3nc2n1C. The minimum atomic E-state index is -0.944. The normalized spacial score (nSPS) is 11.5. The zero-order chi connectivity index (χ0) is 13.0. The Balaban J connectivity index is 2.58. The van der Waals surface area contributed by atoms with Crippen LogP contribution >= 0.6 is 15.9 Å². The van der Waals surface area contributed by atoms with Crippen molar-refractivity contribution >= 4 is 38.7 Å². The van der Waals surface area contributed by atoms with Gasteiger partial charge in [0.1, 0.15) is 0 Å². The average Bonchev–Trinajstić information content (AvgIpc) is 2.76. The van der Waals surface area contributed by atoms with E-state index in [2.05, 4.69) is 20.9 Å². The molecule has 3 rings (SSSR count). The molecule has 2 aromatic heterocycles. The fourth-order valence-corrected chi connectivity index (χ4v) is 2.56. The molecular formula is C12H10BrN3O2. The molecule has 6 heteroatoms. The second-order valence-electron chi connectivity index (χ2n) is 4.18. The number of hydrogen-bond acceptors (Lipinski definition) is 2. The second kappa shape index (κ2) is 3.58. The van der Waals surface area contributed by atoms with Gasteiger partial charge in [-0.2, -0.15) is 0 Å². The molecule has 2 heterocycles. The van der Waals surface area contributed by atoms with Gasteiger partial charge in [0, 0.05) is 17.2 Å². The van der Waals surface area contributed by atoms with Crippen LogP contribution in [0.15, 0.2) is 22.7 Å². The highest BCUT2D eigenvalue weighted by Gasteiger charge is 2.21. The predicted molar refractivity (Wildman–Crippen MR) is 71.1 cm³/mol. The summed E-state index contributed by atoms with van der Waals surface area (Å²) in [5.74, 6) is -0.307. The standard InChI is InChI=1S/C12H10BrN3O2/c1-6-10(11(17)18)16-9-4-3-7(13)5-8(9)14-12(16)15(6)2/h3-5H,1-2H3,(H,17,18). The van der Waals surface area contributed by atoms with E-state index in [1.165, 1.54) is 0 Å². The van der Waals surface area contributed by atoms with Crippen LogP contribution < -0.4 is 0 Å². The molecule has 0 spiro atoms. The topological polar surface area (TPSA) is 59.5 Å². The third kappa shape index (κ3) is 1.32. The molecule has 1 N–H and O–H groups in total. The largest absolute Gasteiger partial charge is 0.477 e. The van der Waals surface area contributed by atoms with Crippen molar-refractivity contribution < 1.29 is 9.90 Å². The third-order valence-corrected chi connectivity index (χ3v) is 3.66. The Hall–Kier alpha value is -1.82. The number of aromatic nitrogens is 3. The van der Waals surface area contributed by atoms with Gasteiger partial charge >= 0.3 is 5.97 Å². The number of carboxylic acid groups (broad SMARTS) is 1. The average molecular weight is 308 g/mol. The van der Waals surface area contributed by atoms with Gasteiger partial charge in [0.05, 0.1) is 11.0 Å². The van der Waals surface area contributed by atoms with Crippen LogP contribution in [-0.4, -0.2) is 25.0 Å². The highest BCUT2D eigenvalue weighted by atomic mass is 79.9. The van der Waals surface area contributed by atoms with Gasteiger partial charge in [0.25, 0.3) is 0 Å². The van der Waals surface area contributed by atoms with Gasteiger partial charge in [0.15, 0.2) is 5.69 Å². The van der Waals surface area contributed by atoms with Crippen LogP contribution in [0.2, 0.25) is 0 Å². The Morgan fingerprint density at radius 1 is 1.44 bits per heavy atom. The highest BCUT2D eigenvalue weighted by Crippen LogP contribution is 2.25. The Bertz CT molecular complexity index is 801. The maximum Gasteiger partial charge on any atom is 0.354 e. The fraction of sp³-hybridized carbons (Fsp3) is 0.167. The van der Waals surface area contributed by atoms with E-state index in [-0.39, 0.29) is 5.69 Å². The number of rotatable bonds is 1. The molecule has 92 valence electrons. The Morgan fingerprint density at radius 3 is 2.83 bits per heavy atom. The van der Waals surface area contributed by atoms with Crippen molar-refractivity contribution in [3.8, 4) is 0 Å². The number of benzene rings is 1. The molecule has 0 aliphatic heterocycles. The molecule has 0 saturated heterocycles. The van der Waals surface area contributed by atoms with Gasteiger partial charge in [0.2, 0.25) is 5.78 Å². The number of hydrogen-bond donors (Lipinski definition) is 1. The van der Waals surface area contributed by atoms with Crippen LogP contribution in [-0.2, 0) is 7.05 Å². The Labute approximate surface area is 111 Å². The number of carboxylic acids is 1. The molecule has 3 aromatic rings. The van der Waals surface area contributed by atoms with Gasteiger partial charge in [-0.1, -0.05) is 15.9 Å². The van der Waals surface area contributed by atoms with Crippen molar-refractivity contribution in [2.24, 2.45) is 7.05 Å². The number of aryl methyl sites for hydroxylation is 1. The van der Waals surface area contributed by atoms with Crippen LogP contribution in [0.1, 0.15) is 16.2 Å². The molecule has 0 fully saturated rings. The number of carbonyl (C=O) groups is 1. The van der Waals surface area contributed by atoms with Gasteiger partial charge in [-0.3, -0.25) is 4.40 Å². The Morgan fingerprint density at radius 2 is 2.17 bits per heavy atom. The molecule has 0 aliphatic carbocycles. The van der Waals surface area contributed by atoms with Gasteiger partial charge in [-0.05, 0) is 25.1 Å².